The van der Waals surface area contributed by atoms with Gasteiger partial charge in [-0.25, -0.2) is 4.57 Å². The number of rotatable bonds is 8. The highest BCUT2D eigenvalue weighted by atomic mass is 31.2. The molecule has 2 aromatic carbocycles. The van der Waals surface area contributed by atoms with Crippen LogP contribution >= 0.6 is 7.60 Å². The Bertz CT molecular complexity index is 1340. The lowest BCUT2D eigenvalue weighted by Crippen LogP contribution is -2.45. The summed E-state index contributed by atoms with van der Waals surface area (Å²) in [4.78, 5) is 8.23. The molecule has 0 radical (unpaired) electrons. The summed E-state index contributed by atoms with van der Waals surface area (Å²) in [5.74, 6) is 1.32. The Hall–Kier alpha value is -2.84. The van der Waals surface area contributed by atoms with Crippen molar-refractivity contribution in [1.82, 2.24) is 25.0 Å². The first kappa shape index (κ1) is 22.9. The fraction of sp³-hybridized carbons (Fsp3) is 0.375. The van der Waals surface area contributed by atoms with Crippen molar-refractivity contribution in [2.24, 2.45) is 0 Å². The third kappa shape index (κ3) is 4.98. The number of piperazine rings is 1. The molecule has 9 nitrogen and oxygen atoms in total. The number of benzene rings is 2. The molecule has 1 aliphatic heterocycles. The van der Waals surface area contributed by atoms with Gasteiger partial charge in [-0.2, -0.15) is 5.10 Å². The van der Waals surface area contributed by atoms with Crippen molar-refractivity contribution in [3.05, 3.63) is 42.5 Å². The fourth-order valence-corrected chi connectivity index (χ4v) is 4.75. The number of hydrogen-bond acceptors (Lipinski definition) is 7. The summed E-state index contributed by atoms with van der Waals surface area (Å²) in [7, 11) is 0.387. The van der Waals surface area contributed by atoms with E-state index in [0.717, 1.165) is 71.7 Å². The number of aromatic nitrogens is 3. The minimum absolute atomic E-state index is 0.468. The van der Waals surface area contributed by atoms with Gasteiger partial charge in [0.15, 0.2) is 0 Å². The van der Waals surface area contributed by atoms with E-state index >= 15 is 0 Å². The van der Waals surface area contributed by atoms with Gasteiger partial charge in [0.2, 0.25) is 0 Å². The minimum Gasteiger partial charge on any atom is -0.492 e. The molecule has 0 spiro atoms. The van der Waals surface area contributed by atoms with E-state index in [1.807, 2.05) is 24.3 Å². The summed E-state index contributed by atoms with van der Waals surface area (Å²) in [5.41, 5.74) is 3.50. The zero-order valence-electron chi connectivity index (χ0n) is 19.7. The molecule has 1 unspecified atom stereocenters. The van der Waals surface area contributed by atoms with Crippen LogP contribution in [0, 0.1) is 0 Å². The lowest BCUT2D eigenvalue weighted by molar-refractivity contribution is 0.134. The Morgan fingerprint density at radius 1 is 1.03 bits per heavy atom. The van der Waals surface area contributed by atoms with Crippen LogP contribution in [0.1, 0.15) is 0 Å². The summed E-state index contributed by atoms with van der Waals surface area (Å²) in [6.45, 7) is 7.44. The number of H-pyrrole nitrogens is 2. The lowest BCUT2D eigenvalue weighted by Gasteiger charge is -2.32. The lowest BCUT2D eigenvalue weighted by atomic mass is 10.1. The van der Waals surface area contributed by atoms with Gasteiger partial charge in [-0.1, -0.05) is 0 Å². The van der Waals surface area contributed by atoms with Gasteiger partial charge in [0.1, 0.15) is 23.8 Å². The minimum atomic E-state index is -3.15. The molecule has 1 fully saturated rings. The van der Waals surface area contributed by atoms with Gasteiger partial charge in [0, 0.05) is 62.8 Å². The molecule has 10 heteroatoms. The van der Waals surface area contributed by atoms with Crippen molar-refractivity contribution < 1.29 is 18.3 Å². The van der Waals surface area contributed by atoms with Gasteiger partial charge in [0.25, 0.3) is 0 Å². The van der Waals surface area contributed by atoms with Crippen molar-refractivity contribution in [1.29, 1.82) is 0 Å². The summed E-state index contributed by atoms with van der Waals surface area (Å²) < 4.78 is 28.8. The average molecular weight is 484 g/mol. The molecule has 34 heavy (non-hydrogen) atoms. The number of nitrogens with one attached hydrogen (secondary N) is 2. The fourth-order valence-electron chi connectivity index (χ4n) is 4.18. The van der Waals surface area contributed by atoms with Crippen LogP contribution in [-0.2, 0) is 9.09 Å². The molecule has 4 aromatic rings. The molecular formula is C24H30N5O4P. The van der Waals surface area contributed by atoms with Crippen LogP contribution in [0.3, 0.4) is 0 Å². The van der Waals surface area contributed by atoms with Gasteiger partial charge in [-0.15, -0.1) is 0 Å². The standard InChI is InChI=1S/C24H30N5O4P/c1-28-8-10-29(11-9-28)12-13-32-18-4-6-21-17(14-18)15-23(25-21)24-20-16-19(33-34(3,30)31-2)5-7-22(20)26-27-24/h4-7,14-16,25H,8-13H2,1-3H3,(H,26,27). The van der Waals surface area contributed by atoms with Crippen LogP contribution < -0.4 is 9.26 Å². The second-order valence-corrected chi connectivity index (χ2v) is 10.8. The summed E-state index contributed by atoms with van der Waals surface area (Å²) in [6.07, 6.45) is 0. The van der Waals surface area contributed by atoms with E-state index in [1.165, 1.54) is 13.8 Å². The van der Waals surface area contributed by atoms with E-state index in [2.05, 4.69) is 44.2 Å². The van der Waals surface area contributed by atoms with Crippen molar-refractivity contribution in [2.45, 2.75) is 0 Å². The summed E-state index contributed by atoms with van der Waals surface area (Å²) in [5, 5.41) is 9.46. The van der Waals surface area contributed by atoms with E-state index < -0.39 is 7.60 Å². The van der Waals surface area contributed by atoms with Crippen molar-refractivity contribution >= 4 is 29.4 Å². The Balaban J connectivity index is 1.32. The molecule has 0 amide bonds. The molecule has 2 aromatic heterocycles. The largest absolute Gasteiger partial charge is 0.492 e. The number of aromatic amines is 2. The second kappa shape index (κ2) is 9.43. The smallest absolute Gasteiger partial charge is 0.375 e. The highest BCUT2D eigenvalue weighted by Gasteiger charge is 2.18. The molecule has 0 aliphatic carbocycles. The van der Waals surface area contributed by atoms with Gasteiger partial charge < -0.3 is 23.7 Å². The molecule has 5 rings (SSSR count). The Morgan fingerprint density at radius 3 is 2.59 bits per heavy atom. The van der Waals surface area contributed by atoms with Gasteiger partial charge in [-0.05, 0) is 49.5 Å². The van der Waals surface area contributed by atoms with Gasteiger partial charge in [-0.3, -0.25) is 10.00 Å². The average Bonchev–Trinajstić information content (AvgIpc) is 3.43. The van der Waals surface area contributed by atoms with Crippen LogP contribution in [-0.4, -0.2) is 85.1 Å². The molecule has 1 saturated heterocycles. The zero-order chi connectivity index (χ0) is 23.7. The topological polar surface area (TPSA) is 95.7 Å². The van der Waals surface area contributed by atoms with Crippen LogP contribution in [0.15, 0.2) is 42.5 Å². The van der Waals surface area contributed by atoms with Crippen LogP contribution in [0.25, 0.3) is 33.2 Å². The Labute approximate surface area is 198 Å². The van der Waals surface area contributed by atoms with Crippen LogP contribution in [0.5, 0.6) is 11.5 Å². The first-order valence-electron chi connectivity index (χ1n) is 11.4. The van der Waals surface area contributed by atoms with E-state index in [0.29, 0.717) is 12.4 Å². The highest BCUT2D eigenvalue weighted by Crippen LogP contribution is 2.44. The van der Waals surface area contributed by atoms with Crippen LogP contribution in [0.2, 0.25) is 0 Å². The zero-order valence-corrected chi connectivity index (χ0v) is 20.6. The molecule has 1 atom stereocenters. The van der Waals surface area contributed by atoms with Crippen molar-refractivity contribution in [3.63, 3.8) is 0 Å². The Kier molecular flexibility index (Phi) is 6.36. The normalized spacial score (nSPS) is 17.3. The number of ether oxygens (including phenoxy) is 1. The molecule has 2 N–H and O–H groups in total. The maximum absolute atomic E-state index is 12.2. The van der Waals surface area contributed by atoms with Crippen molar-refractivity contribution in [2.75, 3.05) is 60.2 Å². The summed E-state index contributed by atoms with van der Waals surface area (Å²) >= 11 is 0. The SMILES string of the molecule is COP(C)(=O)Oc1ccc2[nH]nc(-c3cc4cc(OCCN5CCN(C)CC5)ccc4[nH]3)c2c1. The van der Waals surface area contributed by atoms with Gasteiger partial charge in [0.05, 0.1) is 11.2 Å². The first-order chi connectivity index (χ1) is 16.4. The van der Waals surface area contributed by atoms with E-state index in [9.17, 15) is 4.57 Å². The molecular weight excluding hydrogens is 453 g/mol. The monoisotopic (exact) mass is 483 g/mol. The molecule has 0 saturated carbocycles. The first-order valence-corrected chi connectivity index (χ1v) is 13.4. The van der Waals surface area contributed by atoms with E-state index in [-0.39, 0.29) is 0 Å². The maximum Gasteiger partial charge on any atom is 0.375 e. The second-order valence-electron chi connectivity index (χ2n) is 8.75. The number of nitrogens with zero attached hydrogens (tertiary/aromatic N) is 3. The quantitative estimate of drug-likeness (QED) is 0.363. The van der Waals surface area contributed by atoms with Crippen molar-refractivity contribution in [3.8, 4) is 22.9 Å². The van der Waals surface area contributed by atoms with E-state index in [4.69, 9.17) is 13.8 Å². The maximum atomic E-state index is 12.2. The predicted octanol–water partition coefficient (Wildman–Crippen LogP) is 4.19. The predicted molar refractivity (Wildman–Crippen MR) is 134 cm³/mol. The van der Waals surface area contributed by atoms with Crippen LogP contribution in [0.4, 0.5) is 0 Å². The number of hydrogen-bond donors (Lipinski definition) is 2. The number of fused-ring (bicyclic) bond motifs is 2. The summed E-state index contributed by atoms with van der Waals surface area (Å²) in [6, 6.07) is 13.5. The van der Waals surface area contributed by atoms with Gasteiger partial charge >= 0.3 is 7.60 Å². The molecule has 3 heterocycles. The van der Waals surface area contributed by atoms with E-state index in [1.54, 1.807) is 6.07 Å². The highest BCUT2D eigenvalue weighted by molar-refractivity contribution is 7.53. The third-order valence-corrected chi connectivity index (χ3v) is 7.46. The third-order valence-electron chi connectivity index (χ3n) is 6.26. The molecule has 0 bridgehead atoms. The molecule has 180 valence electrons. The number of likely N-dealkylation sites (N-methyl/N-ethyl adjacent to an activating group) is 1. The molecule has 1 aliphatic rings. The Morgan fingerprint density at radius 2 is 1.79 bits per heavy atom.